The second-order valence-electron chi connectivity index (χ2n) is 15.4. The highest BCUT2D eigenvalue weighted by molar-refractivity contribution is 6.25. The van der Waals surface area contributed by atoms with Crippen LogP contribution in [0.25, 0.3) is 128 Å². The van der Waals surface area contributed by atoms with Crippen LogP contribution in [-0.2, 0) is 0 Å². The zero-order valence-electron chi connectivity index (χ0n) is 32.5. The van der Waals surface area contributed by atoms with Crippen LogP contribution in [0, 0.1) is 0 Å². The van der Waals surface area contributed by atoms with Crippen LogP contribution in [0.3, 0.4) is 0 Å². The summed E-state index contributed by atoms with van der Waals surface area (Å²) in [5, 5.41) is 8.66. The highest BCUT2D eigenvalue weighted by atomic mass is 16.4. The number of hydrogen-bond donors (Lipinski definition) is 0. The Labute approximate surface area is 347 Å². The zero-order valence-corrected chi connectivity index (χ0v) is 32.5. The minimum atomic E-state index is 0.567. The number of hydrogen-bond acceptors (Lipinski definition) is 6. The van der Waals surface area contributed by atoms with E-state index in [9.17, 15) is 0 Å². The van der Waals surface area contributed by atoms with Crippen LogP contribution < -0.4 is 0 Å². The molecule has 4 aromatic heterocycles. The van der Waals surface area contributed by atoms with Gasteiger partial charge in [0.2, 0.25) is 5.89 Å². The van der Waals surface area contributed by atoms with Crippen molar-refractivity contribution >= 4 is 76.4 Å². The molecule has 284 valence electrons. The van der Waals surface area contributed by atoms with E-state index in [1.807, 2.05) is 60.7 Å². The first-order chi connectivity index (χ1) is 30.2. The van der Waals surface area contributed by atoms with E-state index in [4.69, 9.17) is 28.8 Å². The average Bonchev–Trinajstić information content (AvgIpc) is 4.04. The number of furan rings is 1. The molecule has 7 heteroatoms. The first-order valence-electron chi connectivity index (χ1n) is 20.3. The lowest BCUT2D eigenvalue weighted by atomic mass is 10.0. The smallest absolute Gasteiger partial charge is 0.227 e. The molecule has 61 heavy (non-hydrogen) atoms. The lowest BCUT2D eigenvalue weighted by molar-refractivity contribution is 0.622. The van der Waals surface area contributed by atoms with Crippen LogP contribution in [0.1, 0.15) is 0 Å². The fraction of sp³-hybridized carbons (Fsp3) is 0. The highest BCUT2D eigenvalue weighted by Crippen LogP contribution is 2.41. The van der Waals surface area contributed by atoms with E-state index in [-0.39, 0.29) is 0 Å². The van der Waals surface area contributed by atoms with E-state index in [2.05, 4.69) is 132 Å². The third-order valence-electron chi connectivity index (χ3n) is 11.9. The number of benzene rings is 9. The number of aromatic nitrogens is 5. The summed E-state index contributed by atoms with van der Waals surface area (Å²) in [5.74, 6) is 2.33. The average molecular weight is 782 g/mol. The molecule has 0 amide bonds. The molecule has 0 unspecified atom stereocenters. The van der Waals surface area contributed by atoms with Gasteiger partial charge in [-0.05, 0) is 94.3 Å². The quantitative estimate of drug-likeness (QED) is 0.173. The Morgan fingerprint density at radius 1 is 0.361 bits per heavy atom. The molecule has 7 nitrogen and oxygen atoms in total. The Hall–Kier alpha value is -8.42. The summed E-state index contributed by atoms with van der Waals surface area (Å²) in [6.07, 6.45) is 0. The molecule has 9 aromatic carbocycles. The van der Waals surface area contributed by atoms with E-state index in [0.717, 1.165) is 82.6 Å². The first kappa shape index (κ1) is 33.5. The van der Waals surface area contributed by atoms with Gasteiger partial charge in [-0.15, -0.1) is 0 Å². The molecule has 0 N–H and O–H groups in total. The summed E-state index contributed by atoms with van der Waals surface area (Å²) in [6, 6.07) is 64.7. The standard InChI is InChI=1S/C54H31N5O2/c1-2-11-34(12-3-1)51-56-52(35-22-25-39(26-23-35)59-44-16-8-6-14-40(44)41-15-7-9-17-45(41)59)58-53(57-51)37-20-19-33-24-28-46-48(42(33)31-37)49-47(60-46)29-27-43-50(49)61-54(55-43)38-21-18-32-10-4-5-13-36(32)30-38/h1-31H. The van der Waals surface area contributed by atoms with Crippen molar-refractivity contribution in [2.75, 3.05) is 0 Å². The van der Waals surface area contributed by atoms with Gasteiger partial charge in [-0.25, -0.2) is 19.9 Å². The van der Waals surface area contributed by atoms with Crippen molar-refractivity contribution in [3.8, 4) is 51.3 Å². The Balaban J connectivity index is 0.963. The Morgan fingerprint density at radius 3 is 1.70 bits per heavy atom. The number of fused-ring (bicyclic) bond motifs is 11. The molecule has 0 atom stereocenters. The second-order valence-corrected chi connectivity index (χ2v) is 15.4. The van der Waals surface area contributed by atoms with E-state index < -0.39 is 0 Å². The van der Waals surface area contributed by atoms with Gasteiger partial charge < -0.3 is 13.4 Å². The van der Waals surface area contributed by atoms with E-state index in [1.165, 1.54) is 16.2 Å². The topological polar surface area (TPSA) is 82.8 Å². The summed E-state index contributed by atoms with van der Waals surface area (Å²) in [4.78, 5) is 20.3. The van der Waals surface area contributed by atoms with Gasteiger partial charge in [0.05, 0.1) is 16.4 Å². The van der Waals surface area contributed by atoms with E-state index >= 15 is 0 Å². The normalized spacial score (nSPS) is 11.9. The lowest BCUT2D eigenvalue weighted by Gasteiger charge is -2.11. The molecular formula is C54H31N5O2. The monoisotopic (exact) mass is 781 g/mol. The van der Waals surface area contributed by atoms with Crippen molar-refractivity contribution in [1.82, 2.24) is 24.5 Å². The predicted octanol–water partition coefficient (Wildman–Crippen LogP) is 14.0. The molecule has 0 aliphatic rings. The van der Waals surface area contributed by atoms with Crippen molar-refractivity contribution in [3.05, 3.63) is 188 Å². The fourth-order valence-corrected chi connectivity index (χ4v) is 8.95. The molecule has 0 saturated carbocycles. The van der Waals surface area contributed by atoms with Crippen LogP contribution in [-0.4, -0.2) is 24.5 Å². The van der Waals surface area contributed by atoms with E-state index in [0.29, 0.717) is 28.9 Å². The Kier molecular flexibility index (Phi) is 7.17. The molecule has 0 fully saturated rings. The van der Waals surface area contributed by atoms with Crippen molar-refractivity contribution < 1.29 is 8.83 Å². The SMILES string of the molecule is c1ccc(-c2nc(-c3ccc(-n4c5ccccc5c5ccccc54)cc3)nc(-c3ccc4ccc5oc6ccc7nc(-c8ccc9ccccc9c8)oc7c6c5c4c3)n2)cc1. The number of nitrogens with zero attached hydrogens (tertiary/aromatic N) is 5. The molecule has 0 spiro atoms. The second kappa shape index (κ2) is 13.0. The number of para-hydroxylation sites is 2. The highest BCUT2D eigenvalue weighted by Gasteiger charge is 2.20. The van der Waals surface area contributed by atoms with Gasteiger partial charge >= 0.3 is 0 Å². The third kappa shape index (κ3) is 5.31. The molecule has 4 heterocycles. The molecular weight excluding hydrogens is 751 g/mol. The van der Waals surface area contributed by atoms with Gasteiger partial charge in [0.25, 0.3) is 0 Å². The number of oxazole rings is 1. The number of rotatable bonds is 5. The zero-order chi connectivity index (χ0) is 40.0. The van der Waals surface area contributed by atoms with Gasteiger partial charge in [-0.3, -0.25) is 0 Å². The maximum Gasteiger partial charge on any atom is 0.227 e. The van der Waals surface area contributed by atoms with Crippen molar-refractivity contribution in [2.45, 2.75) is 0 Å². The maximum absolute atomic E-state index is 6.64. The summed E-state index contributed by atoms with van der Waals surface area (Å²) in [6.45, 7) is 0. The lowest BCUT2D eigenvalue weighted by Crippen LogP contribution is -2.00. The summed E-state index contributed by atoms with van der Waals surface area (Å²) in [7, 11) is 0. The van der Waals surface area contributed by atoms with Crippen molar-refractivity contribution in [3.63, 3.8) is 0 Å². The Morgan fingerprint density at radius 2 is 0.934 bits per heavy atom. The fourth-order valence-electron chi connectivity index (χ4n) is 8.95. The summed E-state index contributed by atoms with van der Waals surface area (Å²) >= 11 is 0. The molecule has 0 saturated heterocycles. The van der Waals surface area contributed by atoms with Crippen LogP contribution >= 0.6 is 0 Å². The summed E-state index contributed by atoms with van der Waals surface area (Å²) in [5.41, 5.74) is 9.93. The minimum Gasteiger partial charge on any atom is -0.456 e. The largest absolute Gasteiger partial charge is 0.456 e. The Bertz CT molecular complexity index is 3830. The van der Waals surface area contributed by atoms with Crippen molar-refractivity contribution in [2.24, 2.45) is 0 Å². The van der Waals surface area contributed by atoms with Crippen molar-refractivity contribution in [1.29, 1.82) is 0 Å². The molecule has 0 aliphatic carbocycles. The summed E-state index contributed by atoms with van der Waals surface area (Å²) < 4.78 is 15.5. The molecule has 0 aliphatic heterocycles. The van der Waals surface area contributed by atoms with Gasteiger partial charge in [0.1, 0.15) is 16.7 Å². The van der Waals surface area contributed by atoms with Crippen LogP contribution in [0.15, 0.2) is 197 Å². The van der Waals surface area contributed by atoms with Gasteiger partial charge in [-0.1, -0.05) is 115 Å². The molecule has 13 aromatic rings. The van der Waals surface area contributed by atoms with Gasteiger partial charge in [0.15, 0.2) is 23.1 Å². The van der Waals surface area contributed by atoms with E-state index in [1.54, 1.807) is 0 Å². The maximum atomic E-state index is 6.64. The van der Waals surface area contributed by atoms with Crippen LogP contribution in [0.2, 0.25) is 0 Å². The van der Waals surface area contributed by atoms with Gasteiger partial charge in [0, 0.05) is 44.1 Å². The third-order valence-corrected chi connectivity index (χ3v) is 11.9. The minimum absolute atomic E-state index is 0.567. The van der Waals surface area contributed by atoms with Crippen LogP contribution in [0.5, 0.6) is 0 Å². The van der Waals surface area contributed by atoms with Gasteiger partial charge in [-0.2, -0.15) is 0 Å². The molecule has 0 radical (unpaired) electrons. The predicted molar refractivity (Wildman–Crippen MR) is 246 cm³/mol. The molecule has 0 bridgehead atoms. The first-order valence-corrected chi connectivity index (χ1v) is 20.3. The molecule has 13 rings (SSSR count). The van der Waals surface area contributed by atoms with Crippen LogP contribution in [0.4, 0.5) is 0 Å².